The smallest absolute Gasteiger partial charge is 0.0945 e. The van der Waals surface area contributed by atoms with Crippen molar-refractivity contribution in [1.29, 1.82) is 0 Å². The van der Waals surface area contributed by atoms with Gasteiger partial charge in [-0.1, -0.05) is 13.8 Å². The molecule has 1 aliphatic rings. The molecule has 6 nitrogen and oxygen atoms in total. The van der Waals surface area contributed by atoms with E-state index in [-0.39, 0.29) is 0 Å². The zero-order valence-corrected chi connectivity index (χ0v) is 15.6. The first-order valence-electron chi connectivity index (χ1n) is 8.96. The van der Waals surface area contributed by atoms with Crippen LogP contribution in [0.15, 0.2) is 12.5 Å². The van der Waals surface area contributed by atoms with Gasteiger partial charge in [-0.3, -0.25) is 4.68 Å². The predicted molar refractivity (Wildman–Crippen MR) is 96.0 cm³/mol. The first-order chi connectivity index (χ1) is 11.5. The van der Waals surface area contributed by atoms with Gasteiger partial charge in [-0.25, -0.2) is 4.98 Å². The van der Waals surface area contributed by atoms with Gasteiger partial charge >= 0.3 is 0 Å². The number of hydrogen-bond donors (Lipinski definition) is 1. The maximum atomic E-state index is 4.70. The van der Waals surface area contributed by atoms with Crippen molar-refractivity contribution in [2.75, 3.05) is 20.1 Å². The first kappa shape index (κ1) is 17.2. The molecule has 0 aromatic carbocycles. The van der Waals surface area contributed by atoms with E-state index in [1.807, 2.05) is 12.5 Å². The summed E-state index contributed by atoms with van der Waals surface area (Å²) in [5.74, 6) is 0.481. The molecule has 3 rings (SSSR count). The zero-order chi connectivity index (χ0) is 17.3. The molecular formula is C18H30N6. The first-order valence-corrected chi connectivity index (χ1v) is 8.96. The fourth-order valence-electron chi connectivity index (χ4n) is 4.06. The van der Waals surface area contributed by atoms with Crippen LogP contribution in [-0.2, 0) is 33.5 Å². The number of hydrogen-bond acceptors (Lipinski definition) is 4. The molecule has 1 saturated heterocycles. The van der Waals surface area contributed by atoms with Gasteiger partial charge in [0.2, 0.25) is 0 Å². The Kier molecular flexibility index (Phi) is 5.06. The SMILES string of the molecule is CCc1nn(C)c(CC)c1CN[C@@H]1CN(C)C[C@H]1c1cncn1C. The van der Waals surface area contributed by atoms with E-state index in [1.165, 1.54) is 22.6 Å². The van der Waals surface area contributed by atoms with E-state index in [4.69, 9.17) is 5.10 Å². The molecule has 0 bridgehead atoms. The van der Waals surface area contributed by atoms with Crippen molar-refractivity contribution < 1.29 is 0 Å². The van der Waals surface area contributed by atoms with E-state index in [1.54, 1.807) is 0 Å². The lowest BCUT2D eigenvalue weighted by Crippen LogP contribution is -2.35. The van der Waals surface area contributed by atoms with E-state index in [2.05, 4.69) is 59.4 Å². The summed E-state index contributed by atoms with van der Waals surface area (Å²) in [5.41, 5.74) is 5.28. The fraction of sp³-hybridized carbons (Fsp3) is 0.667. The zero-order valence-electron chi connectivity index (χ0n) is 15.6. The third kappa shape index (κ3) is 3.13. The van der Waals surface area contributed by atoms with Crippen molar-refractivity contribution >= 4 is 0 Å². The Morgan fingerprint density at radius 1 is 1.17 bits per heavy atom. The number of likely N-dealkylation sites (tertiary alicyclic amines) is 1. The number of rotatable bonds is 6. The summed E-state index contributed by atoms with van der Waals surface area (Å²) in [6.45, 7) is 7.44. The summed E-state index contributed by atoms with van der Waals surface area (Å²) in [7, 11) is 6.34. The predicted octanol–water partition coefficient (Wildman–Crippen LogP) is 1.47. The average molecular weight is 330 g/mol. The third-order valence-electron chi connectivity index (χ3n) is 5.31. The van der Waals surface area contributed by atoms with Gasteiger partial charge < -0.3 is 14.8 Å². The standard InChI is InChI=1S/C18H30N6/c1-6-15-13(17(7-2)24(5)21-15)8-20-16-11-22(3)10-14(16)18-9-19-12-23(18)4/h9,12,14,16,20H,6-8,10-11H2,1-5H3/t14-,16-/m1/s1. The Hall–Kier alpha value is -1.66. The van der Waals surface area contributed by atoms with E-state index < -0.39 is 0 Å². The summed E-state index contributed by atoms with van der Waals surface area (Å²) >= 11 is 0. The second kappa shape index (κ2) is 7.07. The van der Waals surface area contributed by atoms with Gasteiger partial charge in [-0.15, -0.1) is 0 Å². The van der Waals surface area contributed by atoms with E-state index in [0.717, 1.165) is 32.5 Å². The lowest BCUT2D eigenvalue weighted by Gasteiger charge is -2.21. The average Bonchev–Trinajstić information content (AvgIpc) is 3.22. The van der Waals surface area contributed by atoms with Crippen LogP contribution < -0.4 is 5.32 Å². The molecule has 0 saturated carbocycles. The van der Waals surface area contributed by atoms with Crippen LogP contribution in [0.3, 0.4) is 0 Å². The van der Waals surface area contributed by atoms with Crippen LogP contribution in [0.25, 0.3) is 0 Å². The van der Waals surface area contributed by atoms with Gasteiger partial charge in [0, 0.05) is 68.8 Å². The van der Waals surface area contributed by atoms with Gasteiger partial charge in [0.1, 0.15) is 0 Å². The number of likely N-dealkylation sites (N-methyl/N-ethyl adjacent to an activating group) is 1. The van der Waals surface area contributed by atoms with E-state index >= 15 is 0 Å². The Balaban J connectivity index is 1.77. The van der Waals surface area contributed by atoms with Gasteiger partial charge in [-0.2, -0.15) is 5.10 Å². The number of imidazole rings is 1. The summed E-state index contributed by atoms with van der Waals surface area (Å²) < 4.78 is 4.20. The normalized spacial score (nSPS) is 21.7. The number of nitrogens with zero attached hydrogens (tertiary/aromatic N) is 5. The van der Waals surface area contributed by atoms with Gasteiger partial charge in [0.05, 0.1) is 12.0 Å². The minimum Gasteiger partial charge on any atom is -0.337 e. The minimum absolute atomic E-state index is 0.444. The Labute approximate surface area is 144 Å². The van der Waals surface area contributed by atoms with Gasteiger partial charge in [-0.05, 0) is 19.9 Å². The van der Waals surface area contributed by atoms with Crippen LogP contribution in [0.1, 0.15) is 42.4 Å². The molecule has 2 atom stereocenters. The van der Waals surface area contributed by atoms with Crippen molar-refractivity contribution in [3.63, 3.8) is 0 Å². The lowest BCUT2D eigenvalue weighted by molar-refractivity contribution is 0.397. The van der Waals surface area contributed by atoms with Crippen LogP contribution in [0.4, 0.5) is 0 Å². The number of nitrogens with one attached hydrogen (secondary N) is 1. The highest BCUT2D eigenvalue weighted by Gasteiger charge is 2.33. The molecule has 0 aliphatic carbocycles. The van der Waals surface area contributed by atoms with Crippen LogP contribution in [-0.4, -0.2) is 50.4 Å². The van der Waals surface area contributed by atoms with Crippen LogP contribution in [0.2, 0.25) is 0 Å². The Bertz CT molecular complexity index is 686. The topological polar surface area (TPSA) is 50.9 Å². The highest BCUT2D eigenvalue weighted by Crippen LogP contribution is 2.27. The quantitative estimate of drug-likeness (QED) is 0.871. The van der Waals surface area contributed by atoms with Crippen molar-refractivity contribution in [3.8, 4) is 0 Å². The molecule has 1 aliphatic heterocycles. The van der Waals surface area contributed by atoms with Crippen molar-refractivity contribution in [2.24, 2.45) is 14.1 Å². The molecule has 1 N–H and O–H groups in total. The van der Waals surface area contributed by atoms with Crippen LogP contribution >= 0.6 is 0 Å². The van der Waals surface area contributed by atoms with Crippen molar-refractivity contribution in [3.05, 3.63) is 35.2 Å². The molecule has 0 radical (unpaired) electrons. The summed E-state index contributed by atoms with van der Waals surface area (Å²) in [5, 5.41) is 8.52. The largest absolute Gasteiger partial charge is 0.337 e. The lowest BCUT2D eigenvalue weighted by atomic mass is 9.99. The maximum Gasteiger partial charge on any atom is 0.0945 e. The molecule has 1 fully saturated rings. The highest BCUT2D eigenvalue weighted by molar-refractivity contribution is 5.27. The molecular weight excluding hydrogens is 300 g/mol. The molecule has 6 heteroatoms. The summed E-state index contributed by atoms with van der Waals surface area (Å²) in [6.07, 6.45) is 5.92. The van der Waals surface area contributed by atoms with Crippen molar-refractivity contribution in [1.82, 2.24) is 29.5 Å². The third-order valence-corrected chi connectivity index (χ3v) is 5.31. The Morgan fingerprint density at radius 3 is 2.58 bits per heavy atom. The highest BCUT2D eigenvalue weighted by atomic mass is 15.3. The number of aromatic nitrogens is 4. The molecule has 2 aromatic heterocycles. The number of aryl methyl sites for hydroxylation is 3. The van der Waals surface area contributed by atoms with Crippen LogP contribution in [0.5, 0.6) is 0 Å². The van der Waals surface area contributed by atoms with E-state index in [0.29, 0.717) is 12.0 Å². The summed E-state index contributed by atoms with van der Waals surface area (Å²) in [4.78, 5) is 6.71. The Morgan fingerprint density at radius 2 is 1.96 bits per heavy atom. The van der Waals surface area contributed by atoms with Crippen LogP contribution in [0, 0.1) is 0 Å². The van der Waals surface area contributed by atoms with E-state index in [9.17, 15) is 0 Å². The fourth-order valence-corrected chi connectivity index (χ4v) is 4.06. The second-order valence-corrected chi connectivity index (χ2v) is 6.95. The second-order valence-electron chi connectivity index (χ2n) is 6.95. The summed E-state index contributed by atoms with van der Waals surface area (Å²) in [6, 6.07) is 0.444. The molecule has 2 aromatic rings. The molecule has 0 spiro atoms. The molecule has 3 heterocycles. The molecule has 24 heavy (non-hydrogen) atoms. The monoisotopic (exact) mass is 330 g/mol. The minimum atomic E-state index is 0.444. The maximum absolute atomic E-state index is 4.70. The molecule has 0 amide bonds. The van der Waals surface area contributed by atoms with Gasteiger partial charge in [0.25, 0.3) is 0 Å². The molecule has 0 unspecified atom stereocenters. The molecule has 132 valence electrons. The van der Waals surface area contributed by atoms with Gasteiger partial charge in [0.15, 0.2) is 0 Å². The van der Waals surface area contributed by atoms with Crippen molar-refractivity contribution in [2.45, 2.75) is 45.2 Å².